The Kier molecular flexibility index (Phi) is 8.14. The molecule has 0 saturated carbocycles. The number of hydrogen-bond acceptors (Lipinski definition) is 4. The molecule has 26 heavy (non-hydrogen) atoms. The Labute approximate surface area is 156 Å². The molecule has 0 aliphatic rings. The smallest absolute Gasteiger partial charge is 0.387 e. The van der Waals surface area contributed by atoms with Crippen LogP contribution in [0.4, 0.5) is 8.78 Å². The van der Waals surface area contributed by atoms with Gasteiger partial charge in [0.15, 0.2) is 17.5 Å². The first-order valence-electron chi connectivity index (χ1n) is 8.27. The summed E-state index contributed by atoms with van der Waals surface area (Å²) in [6.45, 7) is 1.08. The Bertz CT molecular complexity index is 694. The van der Waals surface area contributed by atoms with E-state index in [1.807, 2.05) is 24.4 Å². The summed E-state index contributed by atoms with van der Waals surface area (Å²) in [5.74, 6) is 1.04. The van der Waals surface area contributed by atoms with Crippen molar-refractivity contribution in [2.75, 3.05) is 20.2 Å². The Balaban J connectivity index is 1.92. The van der Waals surface area contributed by atoms with E-state index in [-0.39, 0.29) is 11.5 Å². The van der Waals surface area contributed by atoms with Gasteiger partial charge in [0.05, 0.1) is 13.7 Å². The molecule has 2 N–H and O–H groups in total. The maximum absolute atomic E-state index is 12.5. The summed E-state index contributed by atoms with van der Waals surface area (Å²) in [4.78, 5) is 4.53. The van der Waals surface area contributed by atoms with Crippen molar-refractivity contribution in [3.8, 4) is 11.5 Å². The predicted octanol–water partition coefficient (Wildman–Crippen LogP) is 3.66. The predicted molar refractivity (Wildman–Crippen MR) is 100 cm³/mol. The molecule has 0 atom stereocenters. The van der Waals surface area contributed by atoms with E-state index < -0.39 is 6.61 Å². The van der Waals surface area contributed by atoms with E-state index in [1.54, 1.807) is 23.5 Å². The number of alkyl halides is 2. The van der Waals surface area contributed by atoms with Gasteiger partial charge in [0, 0.05) is 13.1 Å². The van der Waals surface area contributed by atoms with Crippen LogP contribution in [0.15, 0.2) is 40.0 Å². The van der Waals surface area contributed by atoms with Gasteiger partial charge in [-0.1, -0.05) is 6.07 Å². The minimum absolute atomic E-state index is 0.0398. The van der Waals surface area contributed by atoms with Crippen LogP contribution >= 0.6 is 11.3 Å². The van der Waals surface area contributed by atoms with E-state index >= 15 is 0 Å². The Morgan fingerprint density at radius 3 is 2.69 bits per heavy atom. The number of hydrogen-bond donors (Lipinski definition) is 2. The van der Waals surface area contributed by atoms with Crippen molar-refractivity contribution >= 4 is 17.3 Å². The lowest BCUT2D eigenvalue weighted by atomic mass is 10.1. The van der Waals surface area contributed by atoms with Crippen molar-refractivity contribution in [2.24, 2.45) is 4.99 Å². The first-order valence-corrected chi connectivity index (χ1v) is 9.21. The van der Waals surface area contributed by atoms with Gasteiger partial charge in [0.1, 0.15) is 0 Å². The lowest BCUT2D eigenvalue weighted by Gasteiger charge is -2.13. The largest absolute Gasteiger partial charge is 0.493 e. The van der Waals surface area contributed by atoms with Crippen LogP contribution in [0, 0.1) is 0 Å². The number of guanidine groups is 1. The number of thiophene rings is 1. The van der Waals surface area contributed by atoms with Crippen molar-refractivity contribution in [2.45, 2.75) is 26.5 Å². The van der Waals surface area contributed by atoms with Crippen molar-refractivity contribution in [3.05, 3.63) is 46.2 Å². The zero-order chi connectivity index (χ0) is 18.8. The highest BCUT2D eigenvalue weighted by Gasteiger charge is 2.11. The third-order valence-electron chi connectivity index (χ3n) is 3.49. The second kappa shape index (κ2) is 10.6. The molecule has 1 heterocycles. The van der Waals surface area contributed by atoms with E-state index in [2.05, 4.69) is 25.7 Å². The summed E-state index contributed by atoms with van der Waals surface area (Å²) in [5.41, 5.74) is 2.03. The van der Waals surface area contributed by atoms with Crippen molar-refractivity contribution in [3.63, 3.8) is 0 Å². The summed E-state index contributed by atoms with van der Waals surface area (Å²) < 4.78 is 34.5. The van der Waals surface area contributed by atoms with E-state index in [0.717, 1.165) is 23.6 Å². The maximum atomic E-state index is 12.5. The monoisotopic (exact) mass is 383 g/mol. The molecular formula is C18H23F2N3O2S. The highest BCUT2D eigenvalue weighted by Crippen LogP contribution is 2.29. The van der Waals surface area contributed by atoms with Crippen molar-refractivity contribution in [1.82, 2.24) is 10.6 Å². The number of benzene rings is 1. The van der Waals surface area contributed by atoms with Crippen LogP contribution in [0.25, 0.3) is 0 Å². The van der Waals surface area contributed by atoms with Crippen LogP contribution < -0.4 is 20.1 Å². The molecular weight excluding hydrogens is 360 g/mol. The SMILES string of the molecule is CCNC(=NCc1ccsc1)NCCc1ccc(OC)c(OC(F)F)c1. The van der Waals surface area contributed by atoms with E-state index in [4.69, 9.17) is 4.74 Å². The number of ether oxygens (including phenoxy) is 2. The minimum atomic E-state index is -2.89. The van der Waals surface area contributed by atoms with Gasteiger partial charge >= 0.3 is 6.61 Å². The molecule has 0 fully saturated rings. The number of aliphatic imine (C=N–C) groups is 1. The second-order valence-electron chi connectivity index (χ2n) is 5.37. The molecule has 2 rings (SSSR count). The highest BCUT2D eigenvalue weighted by atomic mass is 32.1. The Hall–Kier alpha value is -2.35. The fourth-order valence-electron chi connectivity index (χ4n) is 2.28. The third kappa shape index (κ3) is 6.51. The topological polar surface area (TPSA) is 54.9 Å². The van der Waals surface area contributed by atoms with Gasteiger partial charge in [-0.05, 0) is 53.4 Å². The minimum Gasteiger partial charge on any atom is -0.493 e. The maximum Gasteiger partial charge on any atom is 0.387 e. The van der Waals surface area contributed by atoms with Gasteiger partial charge < -0.3 is 20.1 Å². The van der Waals surface area contributed by atoms with Gasteiger partial charge in [0.25, 0.3) is 0 Å². The molecule has 0 aliphatic heterocycles. The molecule has 5 nitrogen and oxygen atoms in total. The molecule has 0 amide bonds. The zero-order valence-corrected chi connectivity index (χ0v) is 15.6. The van der Waals surface area contributed by atoms with Crippen LogP contribution in [0.5, 0.6) is 11.5 Å². The van der Waals surface area contributed by atoms with Gasteiger partial charge in [-0.3, -0.25) is 0 Å². The first-order chi connectivity index (χ1) is 12.6. The summed E-state index contributed by atoms with van der Waals surface area (Å²) >= 11 is 1.64. The Morgan fingerprint density at radius 2 is 2.04 bits per heavy atom. The van der Waals surface area contributed by atoms with Gasteiger partial charge in [0.2, 0.25) is 0 Å². The zero-order valence-electron chi connectivity index (χ0n) is 14.8. The lowest BCUT2D eigenvalue weighted by Crippen LogP contribution is -2.38. The number of methoxy groups -OCH3 is 1. The van der Waals surface area contributed by atoms with Crippen LogP contribution in [-0.4, -0.2) is 32.8 Å². The molecule has 142 valence electrons. The number of rotatable bonds is 9. The molecule has 0 bridgehead atoms. The van der Waals surface area contributed by atoms with Gasteiger partial charge in [-0.25, -0.2) is 4.99 Å². The fraction of sp³-hybridized carbons (Fsp3) is 0.389. The quantitative estimate of drug-likeness (QED) is 0.513. The summed E-state index contributed by atoms with van der Waals surface area (Å²) in [6, 6.07) is 7.07. The Morgan fingerprint density at radius 1 is 1.19 bits per heavy atom. The molecule has 1 aromatic heterocycles. The standard InChI is InChI=1S/C18H23F2N3O2S/c1-3-21-18(23-11-14-7-9-26-12-14)22-8-6-13-4-5-15(24-2)16(10-13)25-17(19)20/h4-5,7,9-10,12,17H,3,6,8,11H2,1-2H3,(H2,21,22,23). The van der Waals surface area contributed by atoms with Crippen LogP contribution in [0.2, 0.25) is 0 Å². The van der Waals surface area contributed by atoms with Crippen LogP contribution in [0.1, 0.15) is 18.1 Å². The second-order valence-corrected chi connectivity index (χ2v) is 6.15. The average Bonchev–Trinajstić information content (AvgIpc) is 3.13. The van der Waals surface area contributed by atoms with E-state index in [1.165, 1.54) is 7.11 Å². The van der Waals surface area contributed by atoms with E-state index in [9.17, 15) is 8.78 Å². The number of nitrogens with one attached hydrogen (secondary N) is 2. The average molecular weight is 383 g/mol. The molecule has 0 radical (unpaired) electrons. The normalized spacial score (nSPS) is 11.5. The summed E-state index contributed by atoms with van der Waals surface area (Å²) in [6.07, 6.45) is 0.631. The van der Waals surface area contributed by atoms with E-state index in [0.29, 0.717) is 19.5 Å². The van der Waals surface area contributed by atoms with Crippen LogP contribution in [0.3, 0.4) is 0 Å². The van der Waals surface area contributed by atoms with Crippen molar-refractivity contribution < 1.29 is 18.3 Å². The van der Waals surface area contributed by atoms with Crippen LogP contribution in [-0.2, 0) is 13.0 Å². The highest BCUT2D eigenvalue weighted by molar-refractivity contribution is 7.07. The molecule has 8 heteroatoms. The lowest BCUT2D eigenvalue weighted by molar-refractivity contribution is -0.0512. The van der Waals surface area contributed by atoms with Gasteiger partial charge in [-0.15, -0.1) is 0 Å². The van der Waals surface area contributed by atoms with Crippen molar-refractivity contribution in [1.29, 1.82) is 0 Å². The molecule has 1 aromatic carbocycles. The molecule has 0 spiro atoms. The first kappa shape index (κ1) is 20.0. The fourth-order valence-corrected chi connectivity index (χ4v) is 2.94. The molecule has 0 unspecified atom stereocenters. The van der Waals surface area contributed by atoms with Gasteiger partial charge in [-0.2, -0.15) is 20.1 Å². The summed E-state index contributed by atoms with van der Waals surface area (Å²) in [7, 11) is 1.42. The number of nitrogens with zero attached hydrogens (tertiary/aromatic N) is 1. The summed E-state index contributed by atoms with van der Waals surface area (Å²) in [5, 5.41) is 10.5. The molecule has 2 aromatic rings. The molecule has 0 saturated heterocycles. The molecule has 0 aliphatic carbocycles. The number of halogens is 2. The third-order valence-corrected chi connectivity index (χ3v) is 4.23.